The third-order valence-corrected chi connectivity index (χ3v) is 2.68. The van der Waals surface area contributed by atoms with Gasteiger partial charge >= 0.3 is 0 Å². The lowest BCUT2D eigenvalue weighted by atomic mass is 10.1. The molecule has 6 heteroatoms. The highest BCUT2D eigenvalue weighted by Crippen LogP contribution is 2.37. The molecule has 0 unspecified atom stereocenters. The Balaban J connectivity index is 2.86. The maximum atomic E-state index is 11.5. The van der Waals surface area contributed by atoms with Gasteiger partial charge in [-0.15, -0.1) is 0 Å². The lowest BCUT2D eigenvalue weighted by Gasteiger charge is -2.12. The lowest BCUT2D eigenvalue weighted by Crippen LogP contribution is -2.19. The van der Waals surface area contributed by atoms with Crippen molar-refractivity contribution in [3.63, 3.8) is 0 Å². The van der Waals surface area contributed by atoms with Gasteiger partial charge in [0.15, 0.2) is 11.5 Å². The highest BCUT2D eigenvalue weighted by atomic mass is 16.5. The number of hydrogen-bond acceptors (Lipinski definition) is 5. The van der Waals surface area contributed by atoms with Crippen LogP contribution < -0.4 is 19.6 Å². The summed E-state index contributed by atoms with van der Waals surface area (Å²) in [6.45, 7) is 3.95. The first kappa shape index (κ1) is 16.8. The zero-order valence-electron chi connectivity index (χ0n) is 13.1. The van der Waals surface area contributed by atoms with Gasteiger partial charge in [0.05, 0.1) is 27.5 Å². The summed E-state index contributed by atoms with van der Waals surface area (Å²) in [6.07, 6.45) is 1.97. The Morgan fingerprint density at radius 1 is 1.19 bits per heavy atom. The van der Waals surface area contributed by atoms with Crippen molar-refractivity contribution in [1.82, 2.24) is 5.43 Å². The molecule has 1 amide bonds. The Labute approximate surface area is 125 Å². The van der Waals surface area contributed by atoms with Gasteiger partial charge in [0.1, 0.15) is 0 Å². The molecule has 1 rings (SSSR count). The third kappa shape index (κ3) is 4.98. The minimum Gasteiger partial charge on any atom is -0.493 e. The molecule has 1 aromatic carbocycles. The fourth-order valence-corrected chi connectivity index (χ4v) is 1.77. The van der Waals surface area contributed by atoms with Gasteiger partial charge in [0.25, 0.3) is 0 Å². The molecular formula is C15H22N2O4. The summed E-state index contributed by atoms with van der Waals surface area (Å²) < 4.78 is 15.7. The van der Waals surface area contributed by atoms with E-state index in [-0.39, 0.29) is 5.91 Å². The summed E-state index contributed by atoms with van der Waals surface area (Å²) in [4.78, 5) is 11.5. The van der Waals surface area contributed by atoms with Gasteiger partial charge < -0.3 is 14.2 Å². The second-order valence-electron chi connectivity index (χ2n) is 4.85. The zero-order valence-corrected chi connectivity index (χ0v) is 13.1. The summed E-state index contributed by atoms with van der Waals surface area (Å²) >= 11 is 0. The molecular weight excluding hydrogens is 272 g/mol. The first-order valence-corrected chi connectivity index (χ1v) is 6.63. The number of hydrogen-bond donors (Lipinski definition) is 1. The number of carbonyl (C=O) groups is 1. The zero-order chi connectivity index (χ0) is 15.8. The van der Waals surface area contributed by atoms with Gasteiger partial charge in [-0.05, 0) is 18.1 Å². The van der Waals surface area contributed by atoms with Crippen molar-refractivity contribution in [2.45, 2.75) is 20.3 Å². The first-order valence-electron chi connectivity index (χ1n) is 6.63. The monoisotopic (exact) mass is 294 g/mol. The van der Waals surface area contributed by atoms with Crippen LogP contribution in [-0.2, 0) is 4.79 Å². The van der Waals surface area contributed by atoms with Crippen molar-refractivity contribution >= 4 is 12.1 Å². The normalized spacial score (nSPS) is 10.8. The number of hydrazone groups is 1. The molecule has 0 aliphatic carbocycles. The van der Waals surface area contributed by atoms with Crippen LogP contribution in [0.25, 0.3) is 0 Å². The Bertz CT molecular complexity index is 487. The van der Waals surface area contributed by atoms with Gasteiger partial charge in [0, 0.05) is 12.0 Å². The molecule has 0 saturated carbocycles. The highest BCUT2D eigenvalue weighted by molar-refractivity contribution is 5.84. The van der Waals surface area contributed by atoms with E-state index in [0.717, 1.165) is 5.56 Å². The number of amides is 1. The highest BCUT2D eigenvalue weighted by Gasteiger charge is 2.12. The Morgan fingerprint density at radius 3 is 2.19 bits per heavy atom. The molecule has 0 radical (unpaired) electrons. The van der Waals surface area contributed by atoms with E-state index < -0.39 is 0 Å². The summed E-state index contributed by atoms with van der Waals surface area (Å²) in [5.41, 5.74) is 3.21. The summed E-state index contributed by atoms with van der Waals surface area (Å²) in [6, 6.07) is 3.50. The number of ether oxygens (including phenoxy) is 3. The van der Waals surface area contributed by atoms with Gasteiger partial charge in [0.2, 0.25) is 11.7 Å². The van der Waals surface area contributed by atoms with Gasteiger partial charge in [-0.25, -0.2) is 5.43 Å². The maximum Gasteiger partial charge on any atom is 0.240 e. The maximum absolute atomic E-state index is 11.5. The lowest BCUT2D eigenvalue weighted by molar-refractivity contribution is -0.121. The topological polar surface area (TPSA) is 69.2 Å². The quantitative estimate of drug-likeness (QED) is 0.618. The van der Waals surface area contributed by atoms with Crippen LogP contribution in [0.3, 0.4) is 0 Å². The number of methoxy groups -OCH3 is 3. The van der Waals surface area contributed by atoms with E-state index in [1.165, 1.54) is 6.21 Å². The van der Waals surface area contributed by atoms with Gasteiger partial charge in [-0.2, -0.15) is 5.10 Å². The van der Waals surface area contributed by atoms with Crippen LogP contribution in [0.5, 0.6) is 17.2 Å². The SMILES string of the molecule is COc1cc(C=NNC(=O)CC(C)C)cc(OC)c1OC. The van der Waals surface area contributed by atoms with Crippen LogP contribution in [0.4, 0.5) is 0 Å². The Kier molecular flexibility index (Phi) is 6.52. The van der Waals surface area contributed by atoms with E-state index in [1.54, 1.807) is 33.5 Å². The summed E-state index contributed by atoms with van der Waals surface area (Å²) in [5, 5.41) is 3.92. The Hall–Kier alpha value is -2.24. The molecule has 21 heavy (non-hydrogen) atoms. The molecule has 0 bridgehead atoms. The van der Waals surface area contributed by atoms with E-state index in [4.69, 9.17) is 14.2 Å². The van der Waals surface area contributed by atoms with Crippen LogP contribution in [0, 0.1) is 5.92 Å². The van der Waals surface area contributed by atoms with E-state index in [2.05, 4.69) is 10.5 Å². The second kappa shape index (κ2) is 8.14. The van der Waals surface area contributed by atoms with Crippen LogP contribution in [0.1, 0.15) is 25.8 Å². The van der Waals surface area contributed by atoms with Crippen molar-refractivity contribution in [1.29, 1.82) is 0 Å². The average molecular weight is 294 g/mol. The third-order valence-electron chi connectivity index (χ3n) is 2.68. The molecule has 0 atom stereocenters. The number of carbonyl (C=O) groups excluding carboxylic acids is 1. The number of nitrogens with zero attached hydrogens (tertiary/aromatic N) is 1. The van der Waals surface area contributed by atoms with E-state index in [0.29, 0.717) is 29.6 Å². The molecule has 1 N–H and O–H groups in total. The molecule has 0 saturated heterocycles. The van der Waals surface area contributed by atoms with Crippen LogP contribution in [-0.4, -0.2) is 33.5 Å². The van der Waals surface area contributed by atoms with Crippen molar-refractivity contribution in [2.75, 3.05) is 21.3 Å². The minimum atomic E-state index is -0.117. The smallest absolute Gasteiger partial charge is 0.240 e. The second-order valence-corrected chi connectivity index (χ2v) is 4.85. The molecule has 0 heterocycles. The molecule has 0 aromatic heterocycles. The van der Waals surface area contributed by atoms with Crippen LogP contribution >= 0.6 is 0 Å². The average Bonchev–Trinajstić information content (AvgIpc) is 2.45. The van der Waals surface area contributed by atoms with Crippen LogP contribution in [0.2, 0.25) is 0 Å². The molecule has 0 fully saturated rings. The minimum absolute atomic E-state index is 0.117. The summed E-state index contributed by atoms with van der Waals surface area (Å²) in [7, 11) is 4.63. The molecule has 0 aliphatic heterocycles. The summed E-state index contributed by atoms with van der Waals surface area (Å²) in [5.74, 6) is 1.76. The largest absolute Gasteiger partial charge is 0.493 e. The molecule has 0 aliphatic rings. The van der Waals surface area contributed by atoms with Crippen molar-refractivity contribution in [2.24, 2.45) is 11.0 Å². The van der Waals surface area contributed by atoms with Crippen molar-refractivity contribution in [3.05, 3.63) is 17.7 Å². The number of benzene rings is 1. The van der Waals surface area contributed by atoms with Crippen molar-refractivity contribution in [3.8, 4) is 17.2 Å². The molecule has 0 spiro atoms. The van der Waals surface area contributed by atoms with E-state index in [9.17, 15) is 4.79 Å². The number of nitrogens with one attached hydrogen (secondary N) is 1. The first-order chi connectivity index (χ1) is 10.0. The molecule has 6 nitrogen and oxygen atoms in total. The van der Waals surface area contributed by atoms with Gasteiger partial charge in [-0.1, -0.05) is 13.8 Å². The standard InChI is InChI=1S/C15H22N2O4/c1-10(2)6-14(18)17-16-9-11-7-12(19-3)15(21-5)13(8-11)20-4/h7-10H,6H2,1-5H3,(H,17,18). The fourth-order valence-electron chi connectivity index (χ4n) is 1.77. The molecule has 116 valence electrons. The van der Waals surface area contributed by atoms with E-state index >= 15 is 0 Å². The predicted molar refractivity (Wildman–Crippen MR) is 81.3 cm³/mol. The van der Waals surface area contributed by atoms with Crippen LogP contribution in [0.15, 0.2) is 17.2 Å². The number of rotatable bonds is 7. The van der Waals surface area contributed by atoms with E-state index in [1.807, 2.05) is 13.8 Å². The molecule has 1 aromatic rings. The Morgan fingerprint density at radius 2 is 1.76 bits per heavy atom. The van der Waals surface area contributed by atoms with Crippen molar-refractivity contribution < 1.29 is 19.0 Å². The fraction of sp³-hybridized carbons (Fsp3) is 0.467. The van der Waals surface area contributed by atoms with Gasteiger partial charge in [-0.3, -0.25) is 4.79 Å². The predicted octanol–water partition coefficient (Wildman–Crippen LogP) is 2.21.